The number of esters is 3. The van der Waals surface area contributed by atoms with E-state index in [1.807, 2.05) is 6.07 Å². The van der Waals surface area contributed by atoms with Gasteiger partial charge in [0.2, 0.25) is 0 Å². The van der Waals surface area contributed by atoms with Gasteiger partial charge in [0, 0.05) is 24.9 Å². The zero-order valence-electron chi connectivity index (χ0n) is 28.4. The fourth-order valence-corrected chi connectivity index (χ4v) is 4.82. The average molecular weight is 729 g/mol. The predicted octanol–water partition coefficient (Wildman–Crippen LogP) is 5.58. The molecule has 1 saturated heterocycles. The quantitative estimate of drug-likeness (QED) is 0.0767. The molecule has 2 aromatic carbocycles. The fraction of sp³-hybridized carbons (Fsp3) is 0.351. The van der Waals surface area contributed by atoms with Gasteiger partial charge in [0.15, 0.2) is 36.1 Å². The van der Waals surface area contributed by atoms with E-state index in [0.29, 0.717) is 28.5 Å². The van der Waals surface area contributed by atoms with Crippen molar-refractivity contribution in [3.63, 3.8) is 0 Å². The third kappa shape index (κ3) is 13.6. The first-order chi connectivity index (χ1) is 24.5. The first-order valence-electron chi connectivity index (χ1n) is 15.8. The minimum Gasteiger partial charge on any atom is -0.486 e. The van der Waals surface area contributed by atoms with Crippen LogP contribution in [0.25, 0.3) is 6.08 Å². The van der Waals surface area contributed by atoms with E-state index in [2.05, 4.69) is 19.7 Å². The molecule has 0 aliphatic carbocycles. The van der Waals surface area contributed by atoms with Gasteiger partial charge in [-0.2, -0.15) is 0 Å². The largest absolute Gasteiger partial charge is 0.508 e. The third-order valence-electron chi connectivity index (χ3n) is 6.81. The van der Waals surface area contributed by atoms with Crippen LogP contribution in [0.4, 0.5) is 4.79 Å². The van der Waals surface area contributed by atoms with E-state index >= 15 is 0 Å². The summed E-state index contributed by atoms with van der Waals surface area (Å²) in [5, 5.41) is 0.509. The molecule has 5 atom stereocenters. The molecular weight excluding hydrogens is 688 g/mol. The standard InChI is InChI=1S/C37H41ClO13/c1-6-18-43-29-15-11-27(22-30(29)44-19-7-2)17-21-45-36-35(49-25(5)40)34(48-24(4)39)33(31(50-36)23-47-37(42)46-20-8-3)51-32(41)16-12-26-9-13-28(38)14-10-26/h6-16,22,31,33-36H,1-3,17-21,23H2,4-5H3/t31-,33-,34+,35-,36-/m1/s1. The zero-order chi connectivity index (χ0) is 37.2. The maximum Gasteiger partial charge on any atom is 0.508 e. The molecule has 0 bridgehead atoms. The molecule has 0 amide bonds. The maximum atomic E-state index is 13.1. The van der Waals surface area contributed by atoms with Crippen molar-refractivity contribution in [3.8, 4) is 11.5 Å². The highest BCUT2D eigenvalue weighted by molar-refractivity contribution is 6.30. The van der Waals surface area contributed by atoms with Crippen molar-refractivity contribution >= 4 is 41.7 Å². The van der Waals surface area contributed by atoms with Gasteiger partial charge in [0.25, 0.3) is 0 Å². The molecule has 1 fully saturated rings. The van der Waals surface area contributed by atoms with Crippen LogP contribution in [0.1, 0.15) is 25.0 Å². The molecule has 3 rings (SSSR count). The lowest BCUT2D eigenvalue weighted by Crippen LogP contribution is -2.63. The Morgan fingerprint density at radius 3 is 2.08 bits per heavy atom. The number of ether oxygens (including phenoxy) is 9. The molecule has 0 aromatic heterocycles. The molecule has 0 unspecified atom stereocenters. The second-order valence-corrected chi connectivity index (χ2v) is 11.2. The van der Waals surface area contributed by atoms with Crippen LogP contribution < -0.4 is 9.47 Å². The van der Waals surface area contributed by atoms with Crippen molar-refractivity contribution in [1.82, 2.24) is 0 Å². The van der Waals surface area contributed by atoms with E-state index in [-0.39, 0.29) is 26.4 Å². The van der Waals surface area contributed by atoms with Gasteiger partial charge in [0.05, 0.1) is 6.61 Å². The number of carbonyl (C=O) groups is 4. The van der Waals surface area contributed by atoms with Gasteiger partial charge < -0.3 is 42.6 Å². The topological polar surface area (TPSA) is 151 Å². The lowest BCUT2D eigenvalue weighted by molar-refractivity contribution is -0.307. The van der Waals surface area contributed by atoms with Gasteiger partial charge in [-0.25, -0.2) is 9.59 Å². The summed E-state index contributed by atoms with van der Waals surface area (Å²) in [6.07, 6.45) is -0.540. The van der Waals surface area contributed by atoms with E-state index in [9.17, 15) is 19.2 Å². The number of rotatable bonds is 19. The number of carbonyl (C=O) groups excluding carboxylic acids is 4. The minimum absolute atomic E-state index is 0.00617. The summed E-state index contributed by atoms with van der Waals surface area (Å²) in [6, 6.07) is 12.0. The normalized spacial score (nSPS) is 19.6. The third-order valence-corrected chi connectivity index (χ3v) is 7.06. The highest BCUT2D eigenvalue weighted by Gasteiger charge is 2.53. The minimum atomic E-state index is -1.45. The molecule has 1 heterocycles. The number of halogens is 1. The van der Waals surface area contributed by atoms with Crippen LogP contribution in [0.3, 0.4) is 0 Å². The summed E-state index contributed by atoms with van der Waals surface area (Å²) in [7, 11) is 0. The molecule has 51 heavy (non-hydrogen) atoms. The van der Waals surface area contributed by atoms with E-state index in [1.54, 1.807) is 48.6 Å². The van der Waals surface area contributed by atoms with Crippen molar-refractivity contribution in [2.75, 3.05) is 33.0 Å². The molecule has 2 aromatic rings. The Kier molecular flexibility index (Phi) is 16.7. The van der Waals surface area contributed by atoms with E-state index in [4.69, 9.17) is 54.2 Å². The highest BCUT2D eigenvalue weighted by Crippen LogP contribution is 2.32. The maximum absolute atomic E-state index is 13.1. The molecule has 0 spiro atoms. The van der Waals surface area contributed by atoms with E-state index in [0.717, 1.165) is 25.5 Å². The number of benzene rings is 2. The van der Waals surface area contributed by atoms with Crippen molar-refractivity contribution < 1.29 is 61.8 Å². The van der Waals surface area contributed by atoms with Crippen molar-refractivity contribution in [2.24, 2.45) is 0 Å². The van der Waals surface area contributed by atoms with E-state index < -0.39 is 61.4 Å². The summed E-state index contributed by atoms with van der Waals surface area (Å²) >= 11 is 5.94. The molecule has 1 aliphatic heterocycles. The molecule has 13 nitrogen and oxygen atoms in total. The second-order valence-electron chi connectivity index (χ2n) is 10.7. The smallest absolute Gasteiger partial charge is 0.486 e. The van der Waals surface area contributed by atoms with Crippen molar-refractivity contribution in [2.45, 2.75) is 51.0 Å². The molecule has 1 aliphatic rings. The zero-order valence-corrected chi connectivity index (χ0v) is 29.1. The summed E-state index contributed by atoms with van der Waals surface area (Å²) < 4.78 is 50.5. The summed E-state index contributed by atoms with van der Waals surface area (Å²) in [5.74, 6) is -1.43. The van der Waals surface area contributed by atoms with Gasteiger partial charge in [-0.15, -0.1) is 0 Å². The van der Waals surface area contributed by atoms with Gasteiger partial charge >= 0.3 is 24.1 Å². The average Bonchev–Trinajstić information content (AvgIpc) is 3.10. The Bertz CT molecular complexity index is 1540. The number of hydrogen-bond donors (Lipinski definition) is 0. The van der Waals surface area contributed by atoms with Crippen molar-refractivity contribution in [3.05, 3.63) is 103 Å². The van der Waals surface area contributed by atoms with Gasteiger partial charge in [0.1, 0.15) is 32.5 Å². The fourth-order valence-electron chi connectivity index (χ4n) is 4.69. The Labute approximate surface area is 301 Å². The van der Waals surface area contributed by atoms with Crippen LogP contribution in [0.2, 0.25) is 5.02 Å². The Morgan fingerprint density at radius 2 is 1.43 bits per heavy atom. The Balaban J connectivity index is 1.88. The predicted molar refractivity (Wildman–Crippen MR) is 185 cm³/mol. The van der Waals surface area contributed by atoms with Crippen LogP contribution in [0, 0.1) is 0 Å². The van der Waals surface area contributed by atoms with Gasteiger partial charge in [-0.3, -0.25) is 9.59 Å². The highest BCUT2D eigenvalue weighted by atomic mass is 35.5. The molecule has 0 saturated carbocycles. The summed E-state index contributed by atoms with van der Waals surface area (Å²) in [5.41, 5.74) is 1.43. The van der Waals surface area contributed by atoms with Gasteiger partial charge in [-0.1, -0.05) is 67.8 Å². The Hall–Kier alpha value is -5.11. The van der Waals surface area contributed by atoms with Crippen LogP contribution in [0.15, 0.2) is 86.5 Å². The van der Waals surface area contributed by atoms with Crippen LogP contribution in [0.5, 0.6) is 11.5 Å². The summed E-state index contributed by atoms with van der Waals surface area (Å²) in [4.78, 5) is 49.9. The monoisotopic (exact) mass is 728 g/mol. The number of hydrogen-bond acceptors (Lipinski definition) is 13. The van der Waals surface area contributed by atoms with Crippen LogP contribution in [-0.2, 0) is 54.0 Å². The molecule has 14 heteroatoms. The molecule has 0 N–H and O–H groups in total. The first kappa shape index (κ1) is 40.3. The first-order valence-corrected chi connectivity index (χ1v) is 16.2. The van der Waals surface area contributed by atoms with E-state index in [1.165, 1.54) is 12.2 Å². The lowest BCUT2D eigenvalue weighted by Gasteiger charge is -2.44. The second kappa shape index (κ2) is 21.2. The van der Waals surface area contributed by atoms with Gasteiger partial charge in [-0.05, 0) is 47.9 Å². The molecule has 274 valence electrons. The summed E-state index contributed by atoms with van der Waals surface area (Å²) in [6.45, 7) is 12.9. The Morgan fingerprint density at radius 1 is 0.784 bits per heavy atom. The molecule has 0 radical (unpaired) electrons. The molecular formula is C37H41ClO13. The van der Waals surface area contributed by atoms with Crippen molar-refractivity contribution in [1.29, 1.82) is 0 Å². The SMILES string of the molecule is C=CCOC(=O)OC[C@H]1O[C@@H](OCCc2ccc(OCC=C)c(OCC=C)c2)[C@H](OC(C)=O)[C@@H](OC(C)=O)[C@@H]1OC(=O)C=Cc1ccc(Cl)cc1. The van der Waals surface area contributed by atoms with Crippen LogP contribution in [-0.4, -0.2) is 87.8 Å². The van der Waals surface area contributed by atoms with Crippen LogP contribution >= 0.6 is 11.6 Å². The lowest BCUT2D eigenvalue weighted by atomic mass is 9.98.